The molecule has 0 unspecified atom stereocenters. The Morgan fingerprint density at radius 3 is 2.23 bits per heavy atom. The average molecular weight is 404 g/mol. The maximum absolute atomic E-state index is 12.4. The van der Waals surface area contributed by atoms with E-state index in [1.165, 1.54) is 24.3 Å². The number of non-ortho nitro benzene ring substituents is 1. The number of hydrogen-bond acceptors (Lipinski definition) is 6. The number of nitriles is 1. The molecule has 0 saturated heterocycles. The maximum atomic E-state index is 12.4. The number of nitrogens with two attached hydrogens (primary N) is 1. The molecular weight excluding hydrogens is 384 g/mol. The molecule has 9 nitrogen and oxygen atoms in total. The van der Waals surface area contributed by atoms with Crippen LogP contribution >= 0.6 is 0 Å². The van der Waals surface area contributed by atoms with E-state index < -0.39 is 16.4 Å². The van der Waals surface area contributed by atoms with Crippen molar-refractivity contribution in [3.63, 3.8) is 0 Å². The highest BCUT2D eigenvalue weighted by molar-refractivity contribution is 6.04. The number of nitro groups is 1. The van der Waals surface area contributed by atoms with Crippen molar-refractivity contribution >= 4 is 23.1 Å². The molecule has 3 aromatic rings. The molecule has 0 aliphatic heterocycles. The molecule has 2 aromatic carbocycles. The van der Waals surface area contributed by atoms with Crippen LogP contribution in [0.2, 0.25) is 0 Å². The van der Waals surface area contributed by atoms with Crippen molar-refractivity contribution in [1.82, 2.24) is 9.78 Å². The standard InChI is InChI=1S/C21H20N6O3/c1-21(2,3)26-20(24-15-8-4-13(12-22)5-9-15)17(19(23)28)18(25-26)14-6-10-16(11-7-14)27(29)30/h4-11,24H,1-3H3,(H2,23,28). The summed E-state index contributed by atoms with van der Waals surface area (Å²) in [7, 11) is 0. The monoisotopic (exact) mass is 404 g/mol. The summed E-state index contributed by atoms with van der Waals surface area (Å²) < 4.78 is 1.65. The number of rotatable bonds is 5. The fourth-order valence-electron chi connectivity index (χ4n) is 2.96. The summed E-state index contributed by atoms with van der Waals surface area (Å²) in [4.78, 5) is 22.8. The van der Waals surface area contributed by atoms with Gasteiger partial charge in [0.05, 0.1) is 22.1 Å². The van der Waals surface area contributed by atoms with E-state index in [1.54, 1.807) is 28.9 Å². The van der Waals surface area contributed by atoms with E-state index >= 15 is 0 Å². The van der Waals surface area contributed by atoms with E-state index in [1.807, 2.05) is 20.8 Å². The number of nitro benzene ring substituents is 1. The van der Waals surface area contributed by atoms with Gasteiger partial charge in [-0.25, -0.2) is 4.68 Å². The molecule has 1 aromatic heterocycles. The lowest BCUT2D eigenvalue weighted by molar-refractivity contribution is -0.384. The maximum Gasteiger partial charge on any atom is 0.269 e. The first kappa shape index (κ1) is 20.5. The van der Waals surface area contributed by atoms with Crippen LogP contribution in [0.4, 0.5) is 17.2 Å². The number of primary amides is 1. The van der Waals surface area contributed by atoms with Gasteiger partial charge in [0, 0.05) is 23.4 Å². The Kier molecular flexibility index (Phi) is 5.26. The van der Waals surface area contributed by atoms with Gasteiger partial charge in [0.2, 0.25) is 0 Å². The summed E-state index contributed by atoms with van der Waals surface area (Å²) in [5.41, 5.74) is 7.31. The lowest BCUT2D eigenvalue weighted by Crippen LogP contribution is -2.25. The second-order valence-corrected chi connectivity index (χ2v) is 7.64. The minimum atomic E-state index is -0.685. The van der Waals surface area contributed by atoms with Gasteiger partial charge in [-0.05, 0) is 57.2 Å². The van der Waals surface area contributed by atoms with E-state index in [0.29, 0.717) is 28.3 Å². The average Bonchev–Trinajstić information content (AvgIpc) is 3.08. The minimum Gasteiger partial charge on any atom is -0.365 e. The highest BCUT2D eigenvalue weighted by Gasteiger charge is 2.29. The summed E-state index contributed by atoms with van der Waals surface area (Å²) >= 11 is 0. The van der Waals surface area contributed by atoms with Crippen LogP contribution in [0.1, 0.15) is 36.7 Å². The Morgan fingerprint density at radius 2 is 1.77 bits per heavy atom. The van der Waals surface area contributed by atoms with E-state index in [4.69, 9.17) is 11.0 Å². The van der Waals surface area contributed by atoms with Gasteiger partial charge in [0.1, 0.15) is 17.1 Å². The molecule has 0 bridgehead atoms. The number of nitrogens with zero attached hydrogens (tertiary/aromatic N) is 4. The molecule has 152 valence electrons. The Labute approximate surface area is 172 Å². The second-order valence-electron chi connectivity index (χ2n) is 7.64. The number of aromatic nitrogens is 2. The van der Waals surface area contributed by atoms with Crippen LogP contribution in [-0.4, -0.2) is 20.6 Å². The van der Waals surface area contributed by atoms with Gasteiger partial charge in [0.15, 0.2) is 0 Å². The third-order valence-corrected chi connectivity index (χ3v) is 4.40. The number of benzene rings is 2. The van der Waals surface area contributed by atoms with Crippen molar-refractivity contribution in [2.75, 3.05) is 5.32 Å². The van der Waals surface area contributed by atoms with Crippen LogP contribution in [0.25, 0.3) is 11.3 Å². The van der Waals surface area contributed by atoms with Gasteiger partial charge < -0.3 is 11.1 Å². The zero-order valence-electron chi connectivity index (χ0n) is 16.7. The fraction of sp³-hybridized carbons (Fsp3) is 0.190. The first-order chi connectivity index (χ1) is 14.1. The molecule has 9 heteroatoms. The third kappa shape index (κ3) is 3.98. The largest absolute Gasteiger partial charge is 0.365 e. The fourth-order valence-corrected chi connectivity index (χ4v) is 2.96. The van der Waals surface area contributed by atoms with Gasteiger partial charge in [-0.2, -0.15) is 10.4 Å². The van der Waals surface area contributed by atoms with Crippen molar-refractivity contribution in [2.45, 2.75) is 26.3 Å². The molecule has 0 aliphatic carbocycles. The summed E-state index contributed by atoms with van der Waals surface area (Å²) in [6.45, 7) is 5.77. The number of nitrogens with one attached hydrogen (secondary N) is 1. The predicted octanol–water partition coefficient (Wildman–Crippen LogP) is 3.93. The smallest absolute Gasteiger partial charge is 0.269 e. The van der Waals surface area contributed by atoms with Gasteiger partial charge in [-0.1, -0.05) is 0 Å². The number of hydrogen-bond donors (Lipinski definition) is 2. The quantitative estimate of drug-likeness (QED) is 0.488. The van der Waals surface area contributed by atoms with Crippen LogP contribution in [0.5, 0.6) is 0 Å². The molecule has 0 spiro atoms. The third-order valence-electron chi connectivity index (χ3n) is 4.40. The zero-order valence-corrected chi connectivity index (χ0v) is 16.7. The molecule has 0 saturated carbocycles. The van der Waals surface area contributed by atoms with Crippen molar-refractivity contribution in [3.8, 4) is 17.3 Å². The molecule has 0 fully saturated rings. The number of carbonyl (C=O) groups is 1. The zero-order chi connectivity index (χ0) is 22.1. The van der Waals surface area contributed by atoms with Crippen molar-refractivity contribution in [2.24, 2.45) is 5.73 Å². The van der Waals surface area contributed by atoms with Crippen LogP contribution in [0.15, 0.2) is 48.5 Å². The van der Waals surface area contributed by atoms with Gasteiger partial charge >= 0.3 is 0 Å². The highest BCUT2D eigenvalue weighted by Crippen LogP contribution is 2.35. The van der Waals surface area contributed by atoms with Gasteiger partial charge in [0.25, 0.3) is 11.6 Å². The molecule has 3 N–H and O–H groups in total. The molecule has 0 radical (unpaired) electrons. The highest BCUT2D eigenvalue weighted by atomic mass is 16.6. The lowest BCUT2D eigenvalue weighted by Gasteiger charge is -2.23. The van der Waals surface area contributed by atoms with E-state index in [2.05, 4.69) is 16.5 Å². The molecule has 1 heterocycles. The summed E-state index contributed by atoms with van der Waals surface area (Å²) in [6.07, 6.45) is 0. The molecule has 3 rings (SSSR count). The normalized spacial score (nSPS) is 11.0. The first-order valence-electron chi connectivity index (χ1n) is 9.07. The van der Waals surface area contributed by atoms with E-state index in [0.717, 1.165) is 0 Å². The number of anilines is 2. The van der Waals surface area contributed by atoms with Crippen LogP contribution in [-0.2, 0) is 5.54 Å². The first-order valence-corrected chi connectivity index (χ1v) is 9.07. The topological polar surface area (TPSA) is 140 Å². The van der Waals surface area contributed by atoms with Crippen molar-refractivity contribution in [3.05, 3.63) is 69.8 Å². The van der Waals surface area contributed by atoms with Crippen LogP contribution in [0, 0.1) is 21.4 Å². The minimum absolute atomic E-state index is 0.0643. The Balaban J connectivity index is 2.17. The van der Waals surface area contributed by atoms with Crippen molar-refractivity contribution in [1.29, 1.82) is 5.26 Å². The Bertz CT molecular complexity index is 1150. The van der Waals surface area contributed by atoms with Gasteiger partial charge in [-0.3, -0.25) is 14.9 Å². The molecule has 0 atom stereocenters. The van der Waals surface area contributed by atoms with Gasteiger partial charge in [-0.15, -0.1) is 0 Å². The number of amides is 1. The van der Waals surface area contributed by atoms with Crippen LogP contribution < -0.4 is 11.1 Å². The summed E-state index contributed by atoms with van der Waals surface area (Å²) in [6, 6.07) is 14.6. The SMILES string of the molecule is CC(C)(C)n1nc(-c2ccc([N+](=O)[O-])cc2)c(C(N)=O)c1Nc1ccc(C#N)cc1. The molecular formula is C21H20N6O3. The van der Waals surface area contributed by atoms with E-state index in [-0.39, 0.29) is 11.3 Å². The van der Waals surface area contributed by atoms with Crippen LogP contribution in [0.3, 0.4) is 0 Å². The molecule has 1 amide bonds. The number of carbonyl (C=O) groups excluding carboxylic acids is 1. The predicted molar refractivity (Wildman–Crippen MR) is 112 cm³/mol. The summed E-state index contributed by atoms with van der Waals surface area (Å²) in [5.74, 6) is -0.289. The molecule has 30 heavy (non-hydrogen) atoms. The Hall–Kier alpha value is -4.19. The summed E-state index contributed by atoms with van der Waals surface area (Å²) in [5, 5.41) is 27.7. The van der Waals surface area contributed by atoms with E-state index in [9.17, 15) is 14.9 Å². The second kappa shape index (κ2) is 7.67. The molecule has 0 aliphatic rings. The van der Waals surface area contributed by atoms with Crippen molar-refractivity contribution < 1.29 is 9.72 Å². The Morgan fingerprint density at radius 1 is 1.17 bits per heavy atom. The lowest BCUT2D eigenvalue weighted by atomic mass is 10.1.